The molecule has 0 spiro atoms. The number of ketones is 1. The molecule has 3 heterocycles. The van der Waals surface area contributed by atoms with Crippen LogP contribution in [-0.2, 0) is 14.3 Å². The number of rotatable bonds is 5. The zero-order valence-electron chi connectivity index (χ0n) is 18.3. The zero-order chi connectivity index (χ0) is 21.8. The molecular formula is C24H33FN2O4. The number of carbonyl (C=O) groups excluding carboxylic acids is 2. The molecule has 0 radical (unpaired) electrons. The number of hydrogen-bond donors (Lipinski definition) is 0. The monoisotopic (exact) mass is 432 g/mol. The van der Waals surface area contributed by atoms with E-state index in [0.29, 0.717) is 38.0 Å². The van der Waals surface area contributed by atoms with Gasteiger partial charge in [-0.25, -0.2) is 9.18 Å². The summed E-state index contributed by atoms with van der Waals surface area (Å²) in [4.78, 5) is 28.7. The van der Waals surface area contributed by atoms with E-state index in [4.69, 9.17) is 9.47 Å². The molecule has 3 aliphatic rings. The Morgan fingerprint density at radius 1 is 1.16 bits per heavy atom. The van der Waals surface area contributed by atoms with E-state index >= 15 is 0 Å². The molecular weight excluding hydrogens is 399 g/mol. The third kappa shape index (κ3) is 5.26. The Morgan fingerprint density at radius 3 is 2.58 bits per heavy atom. The van der Waals surface area contributed by atoms with E-state index < -0.39 is 0 Å². The molecule has 0 N–H and O–H groups in total. The topological polar surface area (TPSA) is 59.1 Å². The zero-order valence-corrected chi connectivity index (χ0v) is 18.3. The van der Waals surface area contributed by atoms with Crippen molar-refractivity contribution in [2.45, 2.75) is 44.1 Å². The maximum absolute atomic E-state index is 13.4. The van der Waals surface area contributed by atoms with E-state index in [2.05, 4.69) is 0 Å². The van der Waals surface area contributed by atoms with Crippen LogP contribution in [0.25, 0.3) is 0 Å². The van der Waals surface area contributed by atoms with E-state index in [1.807, 2.05) is 21.9 Å². The lowest BCUT2D eigenvalue weighted by Crippen LogP contribution is -2.54. The Balaban J connectivity index is 1.34. The Morgan fingerprint density at radius 2 is 1.87 bits per heavy atom. The van der Waals surface area contributed by atoms with Crippen LogP contribution in [0.1, 0.15) is 43.6 Å². The molecule has 3 aliphatic heterocycles. The molecule has 31 heavy (non-hydrogen) atoms. The van der Waals surface area contributed by atoms with Gasteiger partial charge in [-0.2, -0.15) is 0 Å². The van der Waals surface area contributed by atoms with Gasteiger partial charge in [-0.05, 0) is 55.2 Å². The van der Waals surface area contributed by atoms with Gasteiger partial charge in [0.05, 0.1) is 6.10 Å². The van der Waals surface area contributed by atoms with Crippen molar-refractivity contribution >= 4 is 11.8 Å². The molecule has 170 valence electrons. The third-order valence-corrected chi connectivity index (χ3v) is 7.19. The summed E-state index contributed by atoms with van der Waals surface area (Å²) in [5.74, 6) is 0.801. The Bertz CT molecular complexity index is 763. The van der Waals surface area contributed by atoms with Crippen molar-refractivity contribution in [1.82, 2.24) is 9.80 Å². The van der Waals surface area contributed by atoms with Gasteiger partial charge in [-0.15, -0.1) is 0 Å². The van der Waals surface area contributed by atoms with Crippen molar-refractivity contribution in [3.63, 3.8) is 0 Å². The number of benzene rings is 1. The number of fused-ring (bicyclic) bond motifs is 1. The molecule has 1 aromatic rings. The summed E-state index contributed by atoms with van der Waals surface area (Å²) in [5.41, 5.74) is 1.15. The average molecular weight is 433 g/mol. The molecule has 6 nitrogen and oxygen atoms in total. The molecule has 0 bridgehead atoms. The normalized spacial score (nSPS) is 25.9. The minimum atomic E-state index is -0.219. The van der Waals surface area contributed by atoms with Crippen LogP contribution >= 0.6 is 0 Å². The van der Waals surface area contributed by atoms with Gasteiger partial charge in [-0.1, -0.05) is 12.1 Å². The van der Waals surface area contributed by atoms with Crippen LogP contribution in [-0.4, -0.2) is 74.2 Å². The molecule has 0 aromatic heterocycles. The molecule has 2 amide bonds. The minimum Gasteiger partial charge on any atom is -0.385 e. The number of methoxy groups -OCH3 is 1. The molecule has 0 saturated carbocycles. The quantitative estimate of drug-likeness (QED) is 0.715. The largest absolute Gasteiger partial charge is 0.385 e. The molecule has 3 fully saturated rings. The smallest absolute Gasteiger partial charge is 0.320 e. The summed E-state index contributed by atoms with van der Waals surface area (Å²) >= 11 is 0. The molecule has 0 aliphatic carbocycles. The highest BCUT2D eigenvalue weighted by molar-refractivity contribution is 5.81. The predicted octanol–water partition coefficient (Wildman–Crippen LogP) is 3.46. The van der Waals surface area contributed by atoms with Gasteiger partial charge in [0.1, 0.15) is 12.4 Å². The number of urea groups is 1. The van der Waals surface area contributed by atoms with Crippen molar-refractivity contribution in [1.29, 1.82) is 0 Å². The van der Waals surface area contributed by atoms with E-state index in [1.165, 1.54) is 12.1 Å². The Hall–Kier alpha value is -1.99. The highest BCUT2D eigenvalue weighted by Crippen LogP contribution is 2.36. The van der Waals surface area contributed by atoms with Crippen LogP contribution in [0.5, 0.6) is 0 Å². The van der Waals surface area contributed by atoms with Crippen LogP contribution in [0.3, 0.4) is 0 Å². The summed E-state index contributed by atoms with van der Waals surface area (Å²) in [6.45, 7) is 3.66. The molecule has 3 atom stereocenters. The van der Waals surface area contributed by atoms with Gasteiger partial charge in [0.15, 0.2) is 5.78 Å². The molecule has 7 heteroatoms. The van der Waals surface area contributed by atoms with Crippen molar-refractivity contribution in [3.05, 3.63) is 35.6 Å². The second-order valence-corrected chi connectivity index (χ2v) is 9.13. The number of halogens is 1. The summed E-state index contributed by atoms with van der Waals surface area (Å²) in [6.07, 6.45) is 4.20. The van der Waals surface area contributed by atoms with Gasteiger partial charge >= 0.3 is 6.03 Å². The number of hydrogen-bond acceptors (Lipinski definition) is 4. The highest BCUT2D eigenvalue weighted by atomic mass is 19.1. The number of amides is 2. The molecule has 4 rings (SSSR count). The first-order valence-corrected chi connectivity index (χ1v) is 11.5. The lowest BCUT2D eigenvalue weighted by Gasteiger charge is -2.43. The van der Waals surface area contributed by atoms with E-state index in [9.17, 15) is 14.0 Å². The van der Waals surface area contributed by atoms with Gasteiger partial charge in [0.25, 0.3) is 0 Å². The van der Waals surface area contributed by atoms with Gasteiger partial charge in [0, 0.05) is 52.2 Å². The first-order chi connectivity index (χ1) is 15.0. The van der Waals surface area contributed by atoms with Crippen molar-refractivity contribution in [2.75, 3.05) is 46.5 Å². The van der Waals surface area contributed by atoms with Crippen LogP contribution in [0.15, 0.2) is 24.3 Å². The van der Waals surface area contributed by atoms with Crippen molar-refractivity contribution in [3.8, 4) is 0 Å². The number of nitrogens with zero attached hydrogens (tertiary/aromatic N) is 2. The maximum atomic E-state index is 13.4. The number of likely N-dealkylation sites (tertiary alicyclic amines) is 2. The Kier molecular flexibility index (Phi) is 7.23. The summed E-state index contributed by atoms with van der Waals surface area (Å²) < 4.78 is 24.4. The maximum Gasteiger partial charge on any atom is 0.320 e. The lowest BCUT2D eigenvalue weighted by atomic mass is 9.78. The molecule has 1 aromatic carbocycles. The highest BCUT2D eigenvalue weighted by Gasteiger charge is 2.38. The second-order valence-electron chi connectivity index (χ2n) is 9.13. The first-order valence-electron chi connectivity index (χ1n) is 11.5. The van der Waals surface area contributed by atoms with Crippen LogP contribution in [0.4, 0.5) is 9.18 Å². The standard InChI is InChI=1S/C24H33FN2O4/c1-30-13-9-22(17-2-4-20(25)5-3-17)18-6-10-26(11-7-18)24(29)27-12-8-23-19(15-27)14-21(28)16-31-23/h2-5,18-19,22-23H,6-16H2,1H3/t19-,22?,23+/m1/s1. The summed E-state index contributed by atoms with van der Waals surface area (Å²) in [6, 6.07) is 6.90. The van der Waals surface area contributed by atoms with E-state index in [-0.39, 0.29) is 36.3 Å². The van der Waals surface area contributed by atoms with Gasteiger partial charge in [0.2, 0.25) is 0 Å². The van der Waals surface area contributed by atoms with Crippen LogP contribution < -0.4 is 0 Å². The summed E-state index contributed by atoms with van der Waals surface area (Å²) in [5, 5.41) is 0. The van der Waals surface area contributed by atoms with Crippen LogP contribution in [0, 0.1) is 17.7 Å². The third-order valence-electron chi connectivity index (χ3n) is 7.19. The second kappa shape index (κ2) is 10.1. The van der Waals surface area contributed by atoms with Gasteiger partial charge < -0.3 is 19.3 Å². The molecule has 3 saturated heterocycles. The SMILES string of the molecule is COCCC(c1ccc(F)cc1)C1CCN(C(=O)N2CC[C@@H]3OCC(=O)C[C@@H]3C2)CC1. The number of piperidine rings is 2. The van der Waals surface area contributed by atoms with E-state index in [0.717, 1.165) is 44.3 Å². The molecule has 1 unspecified atom stereocenters. The Labute approximate surface area is 183 Å². The van der Waals surface area contributed by atoms with Crippen molar-refractivity contribution in [2.24, 2.45) is 11.8 Å². The minimum absolute atomic E-state index is 0.0881. The fourth-order valence-corrected chi connectivity index (χ4v) is 5.47. The van der Waals surface area contributed by atoms with Crippen molar-refractivity contribution < 1.29 is 23.5 Å². The summed E-state index contributed by atoms with van der Waals surface area (Å²) in [7, 11) is 1.71. The predicted molar refractivity (Wildman–Crippen MR) is 114 cm³/mol. The van der Waals surface area contributed by atoms with Crippen LogP contribution in [0.2, 0.25) is 0 Å². The fraction of sp³-hybridized carbons (Fsp3) is 0.667. The fourth-order valence-electron chi connectivity index (χ4n) is 5.47. The first kappa shape index (κ1) is 22.2. The number of carbonyl (C=O) groups is 2. The number of ether oxygens (including phenoxy) is 2. The van der Waals surface area contributed by atoms with Gasteiger partial charge in [-0.3, -0.25) is 4.79 Å². The van der Waals surface area contributed by atoms with E-state index in [1.54, 1.807) is 7.11 Å². The average Bonchev–Trinajstić information content (AvgIpc) is 2.80. The number of Topliss-reactive ketones (excluding diaryl/α,β-unsaturated/α-hetero) is 1. The lowest BCUT2D eigenvalue weighted by molar-refractivity contribution is -0.140.